The average molecular weight is 337 g/mol. The second-order valence-electron chi connectivity index (χ2n) is 5.09. The van der Waals surface area contributed by atoms with Crippen molar-refractivity contribution in [1.82, 2.24) is 20.3 Å². The molecule has 0 spiro atoms. The molecule has 1 N–H and O–H groups in total. The van der Waals surface area contributed by atoms with Crippen LogP contribution in [0, 0.1) is 0 Å². The van der Waals surface area contributed by atoms with Gasteiger partial charge < -0.3 is 10.1 Å². The van der Waals surface area contributed by atoms with Gasteiger partial charge in [-0.1, -0.05) is 11.3 Å². The second-order valence-corrected chi connectivity index (χ2v) is 5.95. The quantitative estimate of drug-likeness (QED) is 0.880. The average Bonchev–Trinajstić information content (AvgIpc) is 3.17. The Morgan fingerprint density at radius 2 is 2.30 bits per heavy atom. The smallest absolute Gasteiger partial charge is 0.134 e. The Hall–Kier alpha value is -1.40. The molecule has 0 bridgehead atoms. The van der Waals surface area contributed by atoms with Crippen molar-refractivity contribution in [2.24, 2.45) is 7.05 Å². The van der Waals surface area contributed by atoms with E-state index >= 15 is 0 Å². The van der Waals surface area contributed by atoms with Crippen molar-refractivity contribution in [3.63, 3.8) is 0 Å². The largest absolute Gasteiger partial charge is 0.486 e. The van der Waals surface area contributed by atoms with Gasteiger partial charge in [0.15, 0.2) is 0 Å². The third kappa shape index (κ3) is 3.58. The highest BCUT2D eigenvalue weighted by Gasteiger charge is 2.20. The summed E-state index contributed by atoms with van der Waals surface area (Å²) in [6, 6.07) is 6.90. The summed E-state index contributed by atoms with van der Waals surface area (Å²) in [5.41, 5.74) is 2.08. The van der Waals surface area contributed by atoms with Crippen LogP contribution >= 0.6 is 15.9 Å². The minimum atomic E-state index is 0.423. The number of aromatic nitrogens is 3. The molecule has 0 atom stereocenters. The molecule has 1 heterocycles. The van der Waals surface area contributed by atoms with Gasteiger partial charge in [-0.2, -0.15) is 0 Å². The molecule has 1 fully saturated rings. The molecule has 1 aromatic heterocycles. The molecule has 0 aliphatic heterocycles. The van der Waals surface area contributed by atoms with Crippen LogP contribution in [0.3, 0.4) is 0 Å². The Kier molecular flexibility index (Phi) is 4.03. The molecule has 5 nitrogen and oxygen atoms in total. The Morgan fingerprint density at radius 3 is 2.95 bits per heavy atom. The molecule has 1 aliphatic carbocycles. The number of nitrogens with zero attached hydrogens (tertiary/aromatic N) is 3. The highest BCUT2D eigenvalue weighted by Crippen LogP contribution is 2.27. The first-order valence-corrected chi connectivity index (χ1v) is 7.50. The van der Waals surface area contributed by atoms with Crippen LogP contribution in [0.2, 0.25) is 0 Å². The van der Waals surface area contributed by atoms with Gasteiger partial charge in [-0.3, -0.25) is 4.68 Å². The highest BCUT2D eigenvalue weighted by atomic mass is 79.9. The molecular formula is C14H17BrN4O. The van der Waals surface area contributed by atoms with E-state index in [1.165, 1.54) is 18.4 Å². The van der Waals surface area contributed by atoms with Gasteiger partial charge >= 0.3 is 0 Å². The van der Waals surface area contributed by atoms with E-state index in [1.54, 1.807) is 4.68 Å². The first-order chi connectivity index (χ1) is 9.70. The topological polar surface area (TPSA) is 52.0 Å². The van der Waals surface area contributed by atoms with Crippen molar-refractivity contribution in [1.29, 1.82) is 0 Å². The molecule has 3 rings (SSSR count). The predicted octanol–water partition coefficient (Wildman–Crippen LogP) is 2.41. The summed E-state index contributed by atoms with van der Waals surface area (Å²) < 4.78 is 8.38. The Labute approximate surface area is 126 Å². The molecule has 1 aliphatic rings. The number of nitrogens with one attached hydrogen (secondary N) is 1. The molecule has 6 heteroatoms. The van der Waals surface area contributed by atoms with E-state index in [-0.39, 0.29) is 0 Å². The zero-order valence-corrected chi connectivity index (χ0v) is 12.9. The van der Waals surface area contributed by atoms with E-state index in [2.05, 4.69) is 43.7 Å². The lowest BCUT2D eigenvalue weighted by molar-refractivity contribution is 0.299. The molecule has 0 saturated heterocycles. The predicted molar refractivity (Wildman–Crippen MR) is 79.3 cm³/mol. The first-order valence-electron chi connectivity index (χ1n) is 6.70. The normalized spacial score (nSPS) is 14.5. The third-order valence-corrected chi connectivity index (χ3v) is 3.81. The van der Waals surface area contributed by atoms with E-state index in [9.17, 15) is 0 Å². The lowest BCUT2D eigenvalue weighted by Crippen LogP contribution is -2.15. The fourth-order valence-corrected chi connectivity index (χ4v) is 2.47. The first kappa shape index (κ1) is 13.6. The highest BCUT2D eigenvalue weighted by molar-refractivity contribution is 9.10. The third-order valence-electron chi connectivity index (χ3n) is 3.19. The van der Waals surface area contributed by atoms with E-state index in [0.29, 0.717) is 6.61 Å². The maximum atomic E-state index is 5.75. The Morgan fingerprint density at radius 1 is 1.45 bits per heavy atom. The molecule has 0 amide bonds. The Balaban J connectivity index is 1.58. The van der Waals surface area contributed by atoms with Gasteiger partial charge in [-0.05, 0) is 46.5 Å². The van der Waals surface area contributed by atoms with Gasteiger partial charge in [0, 0.05) is 19.6 Å². The molecule has 0 unspecified atom stereocenters. The maximum absolute atomic E-state index is 5.75. The summed E-state index contributed by atoms with van der Waals surface area (Å²) in [6.07, 6.45) is 4.46. The van der Waals surface area contributed by atoms with Gasteiger partial charge in [0.2, 0.25) is 0 Å². The van der Waals surface area contributed by atoms with Crippen LogP contribution in [0.15, 0.2) is 28.9 Å². The van der Waals surface area contributed by atoms with Crippen LogP contribution in [0.25, 0.3) is 0 Å². The molecule has 0 radical (unpaired) electrons. The summed E-state index contributed by atoms with van der Waals surface area (Å²) in [4.78, 5) is 0. The summed E-state index contributed by atoms with van der Waals surface area (Å²) in [6.45, 7) is 1.33. The zero-order valence-electron chi connectivity index (χ0n) is 11.3. The van der Waals surface area contributed by atoms with Gasteiger partial charge in [-0.15, -0.1) is 5.10 Å². The lowest BCUT2D eigenvalue weighted by Gasteiger charge is -2.09. The monoisotopic (exact) mass is 336 g/mol. The van der Waals surface area contributed by atoms with E-state index < -0.39 is 0 Å². The number of aryl methyl sites for hydroxylation is 1. The van der Waals surface area contributed by atoms with Crippen LogP contribution in [-0.4, -0.2) is 21.0 Å². The summed E-state index contributed by atoms with van der Waals surface area (Å²) in [5, 5.41) is 11.4. The molecule has 2 aromatic rings. The lowest BCUT2D eigenvalue weighted by atomic mass is 10.2. The van der Waals surface area contributed by atoms with Gasteiger partial charge in [0.25, 0.3) is 0 Å². The SMILES string of the molecule is Cn1cc(COc2ccc(CNC3CC3)cc2Br)nn1. The number of rotatable bonds is 6. The minimum Gasteiger partial charge on any atom is -0.486 e. The minimum absolute atomic E-state index is 0.423. The fourth-order valence-electron chi connectivity index (χ4n) is 1.93. The van der Waals surface area contributed by atoms with Crippen LogP contribution in [0.5, 0.6) is 5.75 Å². The molecular weight excluding hydrogens is 320 g/mol. The van der Waals surface area contributed by atoms with E-state index in [4.69, 9.17) is 4.74 Å². The second kappa shape index (κ2) is 5.93. The van der Waals surface area contributed by atoms with Crippen molar-refractivity contribution in [2.45, 2.75) is 32.0 Å². The molecule has 1 aromatic carbocycles. The van der Waals surface area contributed by atoms with Crippen LogP contribution in [-0.2, 0) is 20.2 Å². The standard InChI is InChI=1S/C14H17BrN4O/c1-19-8-12(17-18-19)9-20-14-5-2-10(6-13(14)15)7-16-11-3-4-11/h2,5-6,8,11,16H,3-4,7,9H2,1H3. The van der Waals surface area contributed by atoms with Crippen molar-refractivity contribution < 1.29 is 4.74 Å². The Bertz CT molecular complexity index is 595. The van der Waals surface area contributed by atoms with E-state index in [0.717, 1.165) is 28.5 Å². The summed E-state index contributed by atoms with van der Waals surface area (Å²) >= 11 is 3.55. The maximum Gasteiger partial charge on any atom is 0.134 e. The van der Waals surface area contributed by atoms with Crippen molar-refractivity contribution in [3.8, 4) is 5.75 Å². The number of halogens is 1. The molecule has 106 valence electrons. The van der Waals surface area contributed by atoms with Crippen LogP contribution < -0.4 is 10.1 Å². The van der Waals surface area contributed by atoms with Crippen LogP contribution in [0.4, 0.5) is 0 Å². The number of hydrogen-bond acceptors (Lipinski definition) is 4. The molecule has 1 saturated carbocycles. The zero-order chi connectivity index (χ0) is 13.9. The number of ether oxygens (including phenoxy) is 1. The number of hydrogen-bond donors (Lipinski definition) is 1. The van der Waals surface area contributed by atoms with Gasteiger partial charge in [-0.25, -0.2) is 0 Å². The van der Waals surface area contributed by atoms with Crippen LogP contribution in [0.1, 0.15) is 24.1 Å². The van der Waals surface area contributed by atoms with E-state index in [1.807, 2.05) is 19.3 Å². The van der Waals surface area contributed by atoms with Crippen molar-refractivity contribution in [3.05, 3.63) is 40.1 Å². The van der Waals surface area contributed by atoms with Gasteiger partial charge in [0.1, 0.15) is 18.1 Å². The number of benzene rings is 1. The van der Waals surface area contributed by atoms with Crippen molar-refractivity contribution >= 4 is 15.9 Å². The van der Waals surface area contributed by atoms with Crippen molar-refractivity contribution in [2.75, 3.05) is 0 Å². The van der Waals surface area contributed by atoms with Gasteiger partial charge in [0.05, 0.1) is 10.7 Å². The summed E-state index contributed by atoms with van der Waals surface area (Å²) in [5.74, 6) is 0.825. The summed E-state index contributed by atoms with van der Waals surface area (Å²) in [7, 11) is 1.84. The fraction of sp³-hybridized carbons (Fsp3) is 0.429. The molecule has 20 heavy (non-hydrogen) atoms.